The van der Waals surface area contributed by atoms with Gasteiger partial charge in [-0.3, -0.25) is 9.35 Å². The molecule has 0 fully saturated rings. The van der Waals surface area contributed by atoms with Crippen LogP contribution in [-0.4, -0.2) is 56.1 Å². The van der Waals surface area contributed by atoms with Crippen molar-refractivity contribution in [1.82, 2.24) is 5.32 Å². The molecule has 0 radical (unpaired) electrons. The highest BCUT2D eigenvalue weighted by Crippen LogP contribution is 2.25. The lowest BCUT2D eigenvalue weighted by Crippen LogP contribution is -2.45. The van der Waals surface area contributed by atoms with Crippen LogP contribution in [0.15, 0.2) is 29.2 Å². The lowest BCUT2D eigenvalue weighted by Gasteiger charge is -2.25. The molecule has 142 valence electrons. The molecular weight excluding hydrogens is 421 g/mol. The number of halogens is 2. The van der Waals surface area contributed by atoms with Crippen LogP contribution in [-0.2, 0) is 29.2 Å². The maximum atomic E-state index is 11.6. The maximum Gasteiger partial charge on any atom is 0.398 e. The minimum absolute atomic E-state index is 0.0481. The van der Waals surface area contributed by atoms with Crippen LogP contribution < -0.4 is 5.32 Å². The monoisotopic (exact) mass is 435 g/mol. The summed E-state index contributed by atoms with van der Waals surface area (Å²) in [5.41, 5.74) is 0.0602. The summed E-state index contributed by atoms with van der Waals surface area (Å²) in [5, 5.41) is 11.6. The number of sulfone groups is 1. The van der Waals surface area contributed by atoms with Gasteiger partial charge in [0, 0.05) is 6.26 Å². The average molecular weight is 436 g/mol. The number of carbonyl (C=O) groups excluding carboxylic acids is 1. The molecule has 0 aliphatic carbocycles. The molecule has 9 nitrogen and oxygen atoms in total. The van der Waals surface area contributed by atoms with Gasteiger partial charge in [-0.2, -0.15) is 8.42 Å². The first-order valence-electron chi connectivity index (χ1n) is 6.50. The fraction of sp³-hybridized carbons (Fsp3) is 0.417. The quantitative estimate of drug-likeness (QED) is 0.388. The molecule has 25 heavy (non-hydrogen) atoms. The molecule has 0 heterocycles. The van der Waals surface area contributed by atoms with E-state index in [4.69, 9.17) is 27.8 Å². The van der Waals surface area contributed by atoms with E-state index in [0.29, 0.717) is 0 Å². The third-order valence-electron chi connectivity index (χ3n) is 2.95. The van der Waals surface area contributed by atoms with Crippen LogP contribution in [0.25, 0.3) is 0 Å². The third kappa shape index (κ3) is 7.05. The number of nitrogens with one attached hydrogen (secondary N) is 1. The number of benzene rings is 1. The van der Waals surface area contributed by atoms with Gasteiger partial charge >= 0.3 is 10.4 Å². The Morgan fingerprint density at radius 2 is 1.72 bits per heavy atom. The van der Waals surface area contributed by atoms with E-state index in [9.17, 15) is 26.7 Å². The Bertz CT molecular complexity index is 808. The number of amides is 1. The molecule has 1 aromatic rings. The molecule has 0 spiro atoms. The van der Waals surface area contributed by atoms with Crippen molar-refractivity contribution < 1.29 is 35.5 Å². The Balaban J connectivity index is 3.25. The summed E-state index contributed by atoms with van der Waals surface area (Å²) >= 11 is 10.8. The third-order valence-corrected chi connectivity index (χ3v) is 4.93. The van der Waals surface area contributed by atoms with Gasteiger partial charge < -0.3 is 10.4 Å². The van der Waals surface area contributed by atoms with Crippen molar-refractivity contribution in [3.63, 3.8) is 0 Å². The first-order valence-corrected chi connectivity index (χ1v) is 10.6. The smallest absolute Gasteiger partial charge is 0.394 e. The van der Waals surface area contributed by atoms with E-state index in [1.165, 1.54) is 24.3 Å². The van der Waals surface area contributed by atoms with Gasteiger partial charge in [0.2, 0.25) is 0 Å². The number of hydrogen-bond acceptors (Lipinski definition) is 7. The second-order valence-corrected chi connectivity index (χ2v) is 9.04. The van der Waals surface area contributed by atoms with Crippen molar-refractivity contribution in [2.24, 2.45) is 0 Å². The van der Waals surface area contributed by atoms with Crippen LogP contribution in [0, 0.1) is 0 Å². The number of aliphatic hydroxyl groups is 1. The molecule has 2 atom stereocenters. The highest BCUT2D eigenvalue weighted by molar-refractivity contribution is 7.90. The van der Waals surface area contributed by atoms with E-state index < -0.39 is 49.7 Å². The molecule has 1 rings (SSSR count). The fourth-order valence-corrected chi connectivity index (χ4v) is 3.12. The number of rotatable bonds is 8. The zero-order valence-corrected chi connectivity index (χ0v) is 15.8. The summed E-state index contributed by atoms with van der Waals surface area (Å²) in [4.78, 5) is 10.0. The number of carbonyl (C=O) groups is 1. The van der Waals surface area contributed by atoms with E-state index in [2.05, 4.69) is 9.50 Å². The summed E-state index contributed by atoms with van der Waals surface area (Å²) in [6.45, 7) is -0.791. The highest BCUT2D eigenvalue weighted by Gasteiger charge is 2.31. The number of aliphatic hydroxyl groups excluding tert-OH is 1. The Morgan fingerprint density at radius 3 is 2.08 bits per heavy atom. The van der Waals surface area contributed by atoms with Crippen molar-refractivity contribution in [3.8, 4) is 0 Å². The molecule has 1 aromatic carbocycles. The van der Waals surface area contributed by atoms with Crippen LogP contribution in [0.4, 0.5) is 0 Å². The van der Waals surface area contributed by atoms with Crippen molar-refractivity contribution >= 4 is 49.3 Å². The van der Waals surface area contributed by atoms with Crippen LogP contribution in [0.3, 0.4) is 0 Å². The summed E-state index contributed by atoms with van der Waals surface area (Å²) in [7, 11) is -8.47. The Morgan fingerprint density at radius 1 is 1.20 bits per heavy atom. The summed E-state index contributed by atoms with van der Waals surface area (Å²) < 4.78 is 58.5. The van der Waals surface area contributed by atoms with E-state index in [1.54, 1.807) is 0 Å². The van der Waals surface area contributed by atoms with E-state index in [1.807, 2.05) is 0 Å². The largest absolute Gasteiger partial charge is 0.398 e. The van der Waals surface area contributed by atoms with Crippen LogP contribution in [0.2, 0.25) is 0 Å². The van der Waals surface area contributed by atoms with Crippen LogP contribution >= 0.6 is 23.2 Å². The first kappa shape index (κ1) is 22.1. The van der Waals surface area contributed by atoms with Crippen molar-refractivity contribution in [3.05, 3.63) is 29.8 Å². The number of hydrogen-bond donors (Lipinski definition) is 3. The molecular formula is C12H15Cl2NO8S2. The van der Waals surface area contributed by atoms with Gasteiger partial charge in [0.25, 0.3) is 5.91 Å². The summed E-state index contributed by atoms with van der Waals surface area (Å²) in [6, 6.07) is 3.42. The SMILES string of the molecule is CS(=O)(=O)c1ccc([C@@H](OS(=O)(=O)O)[C@@H](CO)NC(=O)C(Cl)Cl)cc1. The van der Waals surface area contributed by atoms with Crippen molar-refractivity contribution in [1.29, 1.82) is 0 Å². The highest BCUT2D eigenvalue weighted by atomic mass is 35.5. The van der Waals surface area contributed by atoms with Gasteiger partial charge in [-0.05, 0) is 17.7 Å². The Kier molecular flexibility index (Phi) is 7.62. The molecule has 0 unspecified atom stereocenters. The Hall–Kier alpha value is -0.950. The predicted molar refractivity (Wildman–Crippen MR) is 89.4 cm³/mol. The molecule has 13 heteroatoms. The summed E-state index contributed by atoms with van der Waals surface area (Å²) in [5.74, 6) is -0.931. The topological polar surface area (TPSA) is 147 Å². The first-order chi connectivity index (χ1) is 11.3. The Labute approximate surface area is 154 Å². The fourth-order valence-electron chi connectivity index (χ4n) is 1.85. The average Bonchev–Trinajstić information content (AvgIpc) is 2.48. The molecule has 0 aromatic heterocycles. The minimum atomic E-state index is -4.97. The second-order valence-electron chi connectivity index (χ2n) is 4.88. The lowest BCUT2D eigenvalue weighted by molar-refractivity contribution is -0.121. The minimum Gasteiger partial charge on any atom is -0.394 e. The molecule has 0 aliphatic rings. The maximum absolute atomic E-state index is 11.6. The van der Waals surface area contributed by atoms with Crippen molar-refractivity contribution in [2.45, 2.75) is 21.9 Å². The van der Waals surface area contributed by atoms with Gasteiger partial charge in [-0.1, -0.05) is 35.3 Å². The van der Waals surface area contributed by atoms with Gasteiger partial charge in [0.15, 0.2) is 14.7 Å². The molecule has 0 saturated carbocycles. The molecule has 1 amide bonds. The molecule has 0 bridgehead atoms. The van der Waals surface area contributed by atoms with Crippen LogP contribution in [0.1, 0.15) is 11.7 Å². The van der Waals surface area contributed by atoms with E-state index in [-0.39, 0.29) is 10.5 Å². The molecule has 3 N–H and O–H groups in total. The van der Waals surface area contributed by atoms with Crippen LogP contribution in [0.5, 0.6) is 0 Å². The van der Waals surface area contributed by atoms with Crippen molar-refractivity contribution in [2.75, 3.05) is 12.9 Å². The molecule has 0 aliphatic heterocycles. The zero-order valence-electron chi connectivity index (χ0n) is 12.7. The van der Waals surface area contributed by atoms with Gasteiger partial charge in [-0.15, -0.1) is 0 Å². The van der Waals surface area contributed by atoms with E-state index in [0.717, 1.165) is 6.26 Å². The standard InChI is InChI=1S/C12H15Cl2NO8S2/c1-24(18,19)8-4-2-7(3-5-8)10(23-25(20,21)22)9(6-16)15-12(17)11(13)14/h2-5,9-11,16H,6H2,1H3,(H,15,17)(H,20,21,22)/t9-,10-/m1/s1. The van der Waals surface area contributed by atoms with Gasteiger partial charge in [-0.25, -0.2) is 12.6 Å². The summed E-state index contributed by atoms with van der Waals surface area (Å²) in [6.07, 6.45) is -0.587. The molecule has 0 saturated heterocycles. The zero-order chi connectivity index (χ0) is 19.4. The van der Waals surface area contributed by atoms with Gasteiger partial charge in [0.1, 0.15) is 6.10 Å². The predicted octanol–water partition coefficient (Wildman–Crippen LogP) is 0.231. The van der Waals surface area contributed by atoms with Gasteiger partial charge in [0.05, 0.1) is 17.5 Å². The normalized spacial score (nSPS) is 15.0. The lowest BCUT2D eigenvalue weighted by atomic mass is 10.0. The van der Waals surface area contributed by atoms with E-state index >= 15 is 0 Å². The second kappa shape index (κ2) is 8.62. The number of alkyl halides is 2.